The number of carbonyl (C=O) groups is 2. The lowest BCUT2D eigenvalue weighted by Gasteiger charge is -2.48. The van der Waals surface area contributed by atoms with Gasteiger partial charge in [0.1, 0.15) is 36.0 Å². The highest BCUT2D eigenvalue weighted by atomic mass is 16.7. The number of hydrogen-bond donors (Lipinski definition) is 2. The molecular formula is C44H70N6O10. The second kappa shape index (κ2) is 20.7. The molecule has 6 heterocycles. The van der Waals surface area contributed by atoms with Gasteiger partial charge in [-0.25, -0.2) is 9.67 Å². The van der Waals surface area contributed by atoms with E-state index in [1.165, 1.54) is 6.92 Å². The summed E-state index contributed by atoms with van der Waals surface area (Å²) in [5, 5.41) is 32.9. The highest BCUT2D eigenvalue weighted by Crippen LogP contribution is 2.38. The molecule has 2 bridgehead atoms. The third-order valence-corrected chi connectivity index (χ3v) is 12.5. The molecular weight excluding hydrogens is 773 g/mol. The molecule has 0 radical (unpaired) electrons. The van der Waals surface area contributed by atoms with E-state index in [0.29, 0.717) is 30.9 Å². The van der Waals surface area contributed by atoms with Crippen molar-refractivity contribution in [1.29, 1.82) is 0 Å². The van der Waals surface area contributed by atoms with Crippen LogP contribution in [0.1, 0.15) is 93.6 Å². The van der Waals surface area contributed by atoms with Gasteiger partial charge in [0.25, 0.3) is 0 Å². The van der Waals surface area contributed by atoms with Crippen LogP contribution in [0, 0.1) is 17.8 Å². The fourth-order valence-corrected chi connectivity index (χ4v) is 9.19. The Kier molecular flexibility index (Phi) is 16.4. The van der Waals surface area contributed by atoms with Gasteiger partial charge in [0.15, 0.2) is 17.9 Å². The van der Waals surface area contributed by atoms with Crippen LogP contribution < -0.4 is 0 Å². The lowest BCUT2D eigenvalue weighted by molar-refractivity contribution is -0.296. The Balaban J connectivity index is 1.60. The molecule has 0 aromatic carbocycles. The smallest absolute Gasteiger partial charge is 0.316 e. The second-order valence-electron chi connectivity index (χ2n) is 17.9. The number of ether oxygens (including phenoxy) is 5. The maximum absolute atomic E-state index is 14.6. The Morgan fingerprint density at radius 3 is 2.47 bits per heavy atom. The van der Waals surface area contributed by atoms with Crippen LogP contribution in [-0.2, 0) is 44.7 Å². The van der Waals surface area contributed by atoms with Gasteiger partial charge in [-0.2, -0.15) is 5.10 Å². The number of likely N-dealkylation sites (N-methyl/N-ethyl adjacent to an activating group) is 1. The maximum Gasteiger partial charge on any atom is 0.316 e. The minimum Gasteiger partial charge on any atom is -0.459 e. The molecule has 0 amide bonds. The summed E-state index contributed by atoms with van der Waals surface area (Å²) in [4.78, 5) is 43.2. The zero-order chi connectivity index (χ0) is 43.9. The van der Waals surface area contributed by atoms with Gasteiger partial charge >= 0.3 is 5.97 Å². The second-order valence-corrected chi connectivity index (χ2v) is 17.9. The molecule has 336 valence electrons. The molecule has 2 aromatic rings. The average molecular weight is 843 g/mol. The van der Waals surface area contributed by atoms with E-state index in [9.17, 15) is 19.8 Å². The van der Waals surface area contributed by atoms with Crippen molar-refractivity contribution in [3.8, 4) is 5.82 Å². The molecule has 4 fully saturated rings. The minimum absolute atomic E-state index is 0.0890. The van der Waals surface area contributed by atoms with Crippen LogP contribution in [0.25, 0.3) is 5.82 Å². The first kappa shape index (κ1) is 47.7. The van der Waals surface area contributed by atoms with E-state index in [2.05, 4.69) is 34.0 Å². The normalized spacial score (nSPS) is 37.5. The van der Waals surface area contributed by atoms with Crippen molar-refractivity contribution in [2.24, 2.45) is 22.9 Å². The molecule has 4 saturated heterocycles. The third-order valence-electron chi connectivity index (χ3n) is 12.5. The summed E-state index contributed by atoms with van der Waals surface area (Å²) in [5.74, 6) is -2.93. The number of ketones is 1. The van der Waals surface area contributed by atoms with Gasteiger partial charge < -0.3 is 48.5 Å². The number of fused-ring (bicyclic) bond motifs is 15. The summed E-state index contributed by atoms with van der Waals surface area (Å²) in [5.41, 5.74) is -1.75. The first-order valence-corrected chi connectivity index (χ1v) is 21.6. The van der Waals surface area contributed by atoms with E-state index in [0.717, 1.165) is 18.5 Å². The zero-order valence-electron chi connectivity index (χ0n) is 37.5. The summed E-state index contributed by atoms with van der Waals surface area (Å²) in [6.45, 7) is 18.0. The van der Waals surface area contributed by atoms with Crippen LogP contribution in [0.3, 0.4) is 0 Å². The van der Waals surface area contributed by atoms with Crippen molar-refractivity contribution in [1.82, 2.24) is 24.6 Å². The molecule has 2 aromatic heterocycles. The van der Waals surface area contributed by atoms with E-state index < -0.39 is 65.5 Å². The fraction of sp³-hybridized carbons (Fsp3) is 0.750. The number of aliphatic hydroxyl groups excluding tert-OH is 1. The SMILES string of the molecule is CCCN1C[C@H](C)[C@H]2OCC(=NOCc3ccc(-n4cccn4)nc3)CO[C@](C)(C[C@H]1C)[C@H](O[C@@H]1O[C@H](C)C[C@H](N(C)C)[C@H]1O)[C@@H](C)C(=O)[C@@H](C)C(=O)O[C@H](CC)[C@@]2(C)O. The predicted octanol–water partition coefficient (Wildman–Crippen LogP) is 4.18. The molecule has 2 N–H and O–H groups in total. The van der Waals surface area contributed by atoms with Crippen LogP contribution >= 0.6 is 0 Å². The summed E-state index contributed by atoms with van der Waals surface area (Å²) in [6.07, 6.45) is 2.01. The Bertz CT molecular complexity index is 1710. The van der Waals surface area contributed by atoms with Crippen molar-refractivity contribution in [3.63, 3.8) is 0 Å². The largest absolute Gasteiger partial charge is 0.459 e. The number of hydrogen-bond acceptors (Lipinski definition) is 15. The molecule has 16 nitrogen and oxygen atoms in total. The van der Waals surface area contributed by atoms with E-state index in [4.69, 9.17) is 28.5 Å². The van der Waals surface area contributed by atoms with E-state index in [1.807, 2.05) is 71.1 Å². The van der Waals surface area contributed by atoms with E-state index >= 15 is 0 Å². The van der Waals surface area contributed by atoms with Crippen LogP contribution in [0.15, 0.2) is 41.9 Å². The molecule has 13 atom stereocenters. The molecule has 0 spiro atoms. The summed E-state index contributed by atoms with van der Waals surface area (Å²) >= 11 is 0. The Morgan fingerprint density at radius 2 is 1.83 bits per heavy atom. The number of nitrogens with zero attached hydrogens (tertiary/aromatic N) is 6. The van der Waals surface area contributed by atoms with Crippen LogP contribution in [0.5, 0.6) is 0 Å². The highest BCUT2D eigenvalue weighted by Gasteiger charge is 2.52. The van der Waals surface area contributed by atoms with Crippen molar-refractivity contribution in [2.75, 3.05) is 40.4 Å². The molecule has 0 aliphatic carbocycles. The maximum atomic E-state index is 14.6. The molecule has 6 rings (SSSR count). The minimum atomic E-state index is -1.67. The Morgan fingerprint density at radius 1 is 1.08 bits per heavy atom. The first-order valence-electron chi connectivity index (χ1n) is 21.6. The zero-order valence-corrected chi connectivity index (χ0v) is 37.5. The number of pyridine rings is 1. The Hall–Kier alpha value is -3.35. The lowest BCUT2D eigenvalue weighted by Crippen LogP contribution is -2.60. The van der Waals surface area contributed by atoms with Crippen molar-refractivity contribution >= 4 is 17.5 Å². The number of rotatable bonds is 10. The highest BCUT2D eigenvalue weighted by molar-refractivity contribution is 6.00. The quantitative estimate of drug-likeness (QED) is 0.198. The number of carbonyl (C=O) groups excluding carboxylic acids is 2. The number of Topliss-reactive ketones (excluding diaryl/α,β-unsaturated/α-hetero) is 1. The van der Waals surface area contributed by atoms with Crippen LogP contribution in [-0.4, -0.2) is 153 Å². The topological polar surface area (TPSA) is 180 Å². The van der Waals surface area contributed by atoms with E-state index in [1.54, 1.807) is 30.9 Å². The average Bonchev–Trinajstić information content (AvgIpc) is 3.75. The molecule has 0 saturated carbocycles. The predicted molar refractivity (Wildman–Crippen MR) is 224 cm³/mol. The van der Waals surface area contributed by atoms with Crippen molar-refractivity contribution < 1.29 is 48.3 Å². The third kappa shape index (κ3) is 11.2. The monoisotopic (exact) mass is 843 g/mol. The first-order chi connectivity index (χ1) is 28.4. The number of aromatic nitrogens is 3. The van der Waals surface area contributed by atoms with Crippen LogP contribution in [0.2, 0.25) is 0 Å². The molecule has 4 aliphatic rings. The lowest BCUT2D eigenvalue weighted by atomic mass is 9.79. The van der Waals surface area contributed by atoms with Crippen molar-refractivity contribution in [3.05, 3.63) is 42.4 Å². The summed E-state index contributed by atoms with van der Waals surface area (Å²) in [7, 11) is 3.80. The summed E-state index contributed by atoms with van der Waals surface area (Å²) in [6, 6.07) is 5.14. The summed E-state index contributed by atoms with van der Waals surface area (Å²) < 4.78 is 34.6. The molecule has 4 aliphatic heterocycles. The number of aliphatic hydroxyl groups is 2. The van der Waals surface area contributed by atoms with Gasteiger partial charge in [0, 0.05) is 48.7 Å². The number of esters is 1. The molecule has 60 heavy (non-hydrogen) atoms. The van der Waals surface area contributed by atoms with Gasteiger partial charge in [-0.3, -0.25) is 9.59 Å². The van der Waals surface area contributed by atoms with Gasteiger partial charge in [-0.15, -0.1) is 0 Å². The molecule has 0 unspecified atom stereocenters. The van der Waals surface area contributed by atoms with Crippen LogP contribution in [0.4, 0.5) is 0 Å². The van der Waals surface area contributed by atoms with Gasteiger partial charge in [-0.1, -0.05) is 38.9 Å². The standard InChI is InChI=1S/C44H70N6O10/c1-12-18-49-23-27(3)39-44(9,54)35(13-2)59-41(53)31(7)37(51)30(6)40(60-42-38(52)34(48(10)11)20-29(5)58-42)43(8,21-28(49)4)56-26-33(25-55-39)47-57-24-32-15-16-36(45-22-32)50-19-14-17-46-50/h14-17,19,22,27-31,34-35,38-40,42,52,54H,12-13,18,20-21,23-26H2,1-11H3/t27-,28+,29+,30-,31+,34-,35+,38+,39+,40+,42-,43+,44+/m0/s1. The Labute approximate surface area is 355 Å². The van der Waals surface area contributed by atoms with Gasteiger partial charge in [-0.05, 0) is 99.0 Å². The van der Waals surface area contributed by atoms with Gasteiger partial charge in [0.2, 0.25) is 0 Å². The fourth-order valence-electron chi connectivity index (χ4n) is 9.19. The van der Waals surface area contributed by atoms with Gasteiger partial charge in [0.05, 0.1) is 37.1 Å². The van der Waals surface area contributed by atoms with E-state index in [-0.39, 0.29) is 50.3 Å². The number of oxime groups is 1. The molecule has 16 heteroatoms. The van der Waals surface area contributed by atoms with Crippen molar-refractivity contribution in [2.45, 2.75) is 155 Å².